The first-order valence-electron chi connectivity index (χ1n) is 5.76. The Labute approximate surface area is 108 Å². The highest BCUT2D eigenvalue weighted by Gasteiger charge is 2.19. The summed E-state index contributed by atoms with van der Waals surface area (Å²) in [5.41, 5.74) is 0. The lowest BCUT2D eigenvalue weighted by Crippen LogP contribution is -2.04. The summed E-state index contributed by atoms with van der Waals surface area (Å²) in [6.45, 7) is 1.60. The van der Waals surface area contributed by atoms with Crippen LogP contribution in [0.4, 0.5) is 0 Å². The van der Waals surface area contributed by atoms with E-state index < -0.39 is 0 Å². The molecule has 0 aliphatic carbocycles. The Hall–Kier alpha value is -1.71. The average molecular weight is 261 g/mol. The number of hydrogen-bond acceptors (Lipinski definition) is 6. The van der Waals surface area contributed by atoms with Gasteiger partial charge in [-0.3, -0.25) is 0 Å². The second kappa shape index (κ2) is 4.88. The van der Waals surface area contributed by atoms with Gasteiger partial charge in [0.25, 0.3) is 5.89 Å². The zero-order valence-electron chi connectivity index (χ0n) is 9.63. The summed E-state index contributed by atoms with van der Waals surface area (Å²) in [6.07, 6.45) is 1.85. The third-order valence-electron chi connectivity index (χ3n) is 2.89. The van der Waals surface area contributed by atoms with Gasteiger partial charge in [0.1, 0.15) is 10.9 Å². The Morgan fingerprint density at radius 3 is 3.17 bits per heavy atom. The van der Waals surface area contributed by atoms with Gasteiger partial charge in [0.2, 0.25) is 0 Å². The zero-order chi connectivity index (χ0) is 12.4. The first-order chi connectivity index (χ1) is 8.85. The molecule has 6 heteroatoms. The van der Waals surface area contributed by atoms with Gasteiger partial charge in [-0.2, -0.15) is 10.2 Å². The summed E-state index contributed by atoms with van der Waals surface area (Å²) in [5.74, 6) is 1.70. The van der Waals surface area contributed by atoms with Gasteiger partial charge in [-0.1, -0.05) is 5.16 Å². The summed E-state index contributed by atoms with van der Waals surface area (Å²) in [6, 6.07) is 5.69. The molecular weight excluding hydrogens is 250 g/mol. The largest absolute Gasteiger partial charge is 0.381 e. The van der Waals surface area contributed by atoms with Crippen molar-refractivity contribution >= 4 is 11.3 Å². The van der Waals surface area contributed by atoms with E-state index in [9.17, 15) is 0 Å². The van der Waals surface area contributed by atoms with Crippen molar-refractivity contribution in [3.8, 4) is 16.8 Å². The molecule has 0 aromatic carbocycles. The molecule has 1 unspecified atom stereocenters. The van der Waals surface area contributed by atoms with Crippen LogP contribution in [0.25, 0.3) is 10.8 Å². The van der Waals surface area contributed by atoms with Crippen LogP contribution < -0.4 is 0 Å². The lowest BCUT2D eigenvalue weighted by molar-refractivity contribution is 0.185. The predicted molar refractivity (Wildman–Crippen MR) is 65.0 cm³/mol. The third-order valence-corrected chi connectivity index (χ3v) is 3.87. The molecule has 1 aliphatic heterocycles. The monoisotopic (exact) mass is 261 g/mol. The second-order valence-corrected chi connectivity index (χ2v) is 5.31. The van der Waals surface area contributed by atoms with Gasteiger partial charge in [-0.25, -0.2) is 0 Å². The highest BCUT2D eigenvalue weighted by atomic mass is 32.1. The highest BCUT2D eigenvalue weighted by molar-refractivity contribution is 7.15. The number of thiophene rings is 1. The molecule has 18 heavy (non-hydrogen) atoms. The lowest BCUT2D eigenvalue weighted by atomic mass is 10.1. The van der Waals surface area contributed by atoms with Crippen molar-refractivity contribution in [2.45, 2.75) is 12.8 Å². The van der Waals surface area contributed by atoms with Crippen molar-refractivity contribution in [2.24, 2.45) is 5.92 Å². The molecule has 1 aliphatic rings. The molecule has 1 atom stereocenters. The molecule has 0 N–H and O–H groups in total. The fraction of sp³-hybridized carbons (Fsp3) is 0.417. The van der Waals surface area contributed by atoms with E-state index in [1.165, 1.54) is 11.3 Å². The van der Waals surface area contributed by atoms with E-state index in [1.807, 2.05) is 6.07 Å². The van der Waals surface area contributed by atoms with Gasteiger partial charge in [0.05, 0.1) is 4.88 Å². The van der Waals surface area contributed by atoms with Crippen LogP contribution in [-0.4, -0.2) is 23.4 Å². The van der Waals surface area contributed by atoms with Gasteiger partial charge >= 0.3 is 0 Å². The van der Waals surface area contributed by atoms with Crippen LogP contribution in [0.2, 0.25) is 0 Å². The SMILES string of the molecule is N#Cc1ccc(-c2nc(CC3CCOC3)no2)s1. The number of aromatic nitrogens is 2. The fourth-order valence-electron chi connectivity index (χ4n) is 1.95. The number of rotatable bonds is 3. The second-order valence-electron chi connectivity index (χ2n) is 4.23. The van der Waals surface area contributed by atoms with Crippen LogP contribution in [0.3, 0.4) is 0 Å². The van der Waals surface area contributed by atoms with Crippen molar-refractivity contribution in [1.29, 1.82) is 5.26 Å². The van der Waals surface area contributed by atoms with E-state index >= 15 is 0 Å². The van der Waals surface area contributed by atoms with Gasteiger partial charge < -0.3 is 9.26 Å². The molecule has 0 bridgehead atoms. The van der Waals surface area contributed by atoms with E-state index in [1.54, 1.807) is 6.07 Å². The fourth-order valence-corrected chi connectivity index (χ4v) is 2.68. The molecular formula is C12H11N3O2S. The van der Waals surface area contributed by atoms with Crippen molar-refractivity contribution in [3.63, 3.8) is 0 Å². The number of nitrogens with zero attached hydrogens (tertiary/aromatic N) is 3. The molecule has 1 fully saturated rings. The number of hydrogen-bond donors (Lipinski definition) is 0. The van der Waals surface area contributed by atoms with E-state index in [4.69, 9.17) is 14.5 Å². The standard InChI is InChI=1S/C12H11N3O2S/c13-6-9-1-2-10(18-9)12-14-11(15-17-12)5-8-3-4-16-7-8/h1-2,8H,3-5,7H2. The van der Waals surface area contributed by atoms with Crippen LogP contribution in [0.5, 0.6) is 0 Å². The molecule has 0 amide bonds. The summed E-state index contributed by atoms with van der Waals surface area (Å²) in [7, 11) is 0. The summed E-state index contributed by atoms with van der Waals surface area (Å²) < 4.78 is 10.5. The van der Waals surface area contributed by atoms with Crippen LogP contribution in [0, 0.1) is 17.2 Å². The summed E-state index contributed by atoms with van der Waals surface area (Å²) >= 11 is 1.36. The Kier molecular flexibility index (Phi) is 3.09. The Bertz CT molecular complexity index is 578. The molecule has 1 saturated heterocycles. The van der Waals surface area contributed by atoms with E-state index in [0.29, 0.717) is 22.5 Å². The van der Waals surface area contributed by atoms with Crippen molar-refractivity contribution < 1.29 is 9.26 Å². The van der Waals surface area contributed by atoms with Crippen LogP contribution >= 0.6 is 11.3 Å². The Morgan fingerprint density at radius 1 is 1.50 bits per heavy atom. The van der Waals surface area contributed by atoms with Crippen LogP contribution in [-0.2, 0) is 11.2 Å². The summed E-state index contributed by atoms with van der Waals surface area (Å²) in [4.78, 5) is 5.85. The Morgan fingerprint density at radius 2 is 2.44 bits per heavy atom. The number of ether oxygens (including phenoxy) is 1. The normalized spacial score (nSPS) is 18.9. The van der Waals surface area contributed by atoms with Gasteiger partial charge in [-0.05, 0) is 24.5 Å². The molecule has 0 saturated carbocycles. The van der Waals surface area contributed by atoms with Crippen molar-refractivity contribution in [2.75, 3.05) is 13.2 Å². The number of nitriles is 1. The lowest BCUT2D eigenvalue weighted by Gasteiger charge is -2.00. The van der Waals surface area contributed by atoms with Crippen LogP contribution in [0.15, 0.2) is 16.7 Å². The van der Waals surface area contributed by atoms with Gasteiger partial charge in [0.15, 0.2) is 5.82 Å². The smallest absolute Gasteiger partial charge is 0.268 e. The minimum absolute atomic E-state index is 0.494. The minimum Gasteiger partial charge on any atom is -0.381 e. The average Bonchev–Trinajstić information content (AvgIpc) is 3.09. The minimum atomic E-state index is 0.494. The van der Waals surface area contributed by atoms with Gasteiger partial charge in [-0.15, -0.1) is 11.3 Å². The topological polar surface area (TPSA) is 71.9 Å². The maximum atomic E-state index is 8.77. The quantitative estimate of drug-likeness (QED) is 0.847. The first-order valence-corrected chi connectivity index (χ1v) is 6.57. The van der Waals surface area contributed by atoms with Crippen LogP contribution in [0.1, 0.15) is 17.1 Å². The predicted octanol–water partition coefficient (Wildman–Crippen LogP) is 2.25. The van der Waals surface area contributed by atoms with Crippen molar-refractivity contribution in [1.82, 2.24) is 10.1 Å². The molecule has 5 nitrogen and oxygen atoms in total. The maximum absolute atomic E-state index is 8.77. The molecule has 0 spiro atoms. The van der Waals surface area contributed by atoms with E-state index in [2.05, 4.69) is 16.2 Å². The molecule has 2 aromatic rings. The maximum Gasteiger partial charge on any atom is 0.268 e. The molecule has 2 aromatic heterocycles. The summed E-state index contributed by atoms with van der Waals surface area (Å²) in [5, 5.41) is 12.7. The molecule has 3 heterocycles. The first kappa shape index (κ1) is 11.4. The molecule has 0 radical (unpaired) electrons. The zero-order valence-corrected chi connectivity index (χ0v) is 10.4. The van der Waals surface area contributed by atoms with E-state index in [0.717, 1.165) is 30.9 Å². The Balaban J connectivity index is 1.74. The van der Waals surface area contributed by atoms with E-state index in [-0.39, 0.29) is 0 Å². The molecule has 92 valence electrons. The highest BCUT2D eigenvalue weighted by Crippen LogP contribution is 2.27. The van der Waals surface area contributed by atoms with Gasteiger partial charge in [0, 0.05) is 19.6 Å². The molecule has 3 rings (SSSR count). The van der Waals surface area contributed by atoms with Crippen molar-refractivity contribution in [3.05, 3.63) is 22.8 Å². The third kappa shape index (κ3) is 2.28.